The summed E-state index contributed by atoms with van der Waals surface area (Å²) >= 11 is 3.32. The summed E-state index contributed by atoms with van der Waals surface area (Å²) in [6, 6.07) is 32.8. The van der Waals surface area contributed by atoms with Gasteiger partial charge in [0.2, 0.25) is 0 Å². The molecule has 0 radical (unpaired) electrons. The number of allylic oxidation sites excluding steroid dienone is 4. The second-order valence-corrected chi connectivity index (χ2v) is 17.5. The first-order valence-corrected chi connectivity index (χ1v) is 21.1. The van der Waals surface area contributed by atoms with Gasteiger partial charge < -0.3 is 9.80 Å². The van der Waals surface area contributed by atoms with Gasteiger partial charge in [0.15, 0.2) is 0 Å². The highest BCUT2D eigenvalue weighted by atomic mass is 32.2. The molecule has 0 amide bonds. The minimum atomic E-state index is -4.08. The van der Waals surface area contributed by atoms with Crippen molar-refractivity contribution < 1.29 is 25.9 Å². The normalized spacial score (nSPS) is 17.1. The van der Waals surface area contributed by atoms with Crippen LogP contribution in [0.2, 0.25) is 0 Å². The fourth-order valence-electron chi connectivity index (χ4n) is 5.95. The van der Waals surface area contributed by atoms with Gasteiger partial charge in [-0.15, -0.1) is 0 Å². The molecule has 12 heteroatoms. The lowest BCUT2D eigenvalue weighted by Gasteiger charge is -2.24. The molecule has 1 atom stereocenters. The summed E-state index contributed by atoms with van der Waals surface area (Å²) in [5.74, 6) is -0.625. The Bertz CT molecular complexity index is 2150. The maximum atomic E-state index is 11.5. The molecule has 2 N–H and O–H groups in total. The number of rotatable bonds is 13. The van der Waals surface area contributed by atoms with Gasteiger partial charge in [-0.3, -0.25) is 9.11 Å². The molecule has 4 aromatic carbocycles. The van der Waals surface area contributed by atoms with Crippen molar-refractivity contribution >= 4 is 55.1 Å². The quantitative estimate of drug-likeness (QED) is 0.102. The van der Waals surface area contributed by atoms with Gasteiger partial charge >= 0.3 is 0 Å². The van der Waals surface area contributed by atoms with E-state index in [1.54, 1.807) is 23.5 Å². The average Bonchev–Trinajstić information content (AvgIpc) is 3.62. The predicted octanol–water partition coefficient (Wildman–Crippen LogP) is 8.77. The zero-order valence-electron chi connectivity index (χ0n) is 27.4. The fraction of sp³-hybridized carbons (Fsp3) is 0.211. The maximum absolute atomic E-state index is 11.5. The Balaban J connectivity index is 1.23. The third-order valence-corrected chi connectivity index (χ3v) is 12.4. The first kappa shape index (κ1) is 36.0. The Morgan fingerprint density at radius 3 is 1.88 bits per heavy atom. The molecule has 4 aromatic rings. The van der Waals surface area contributed by atoms with Gasteiger partial charge in [0.1, 0.15) is 0 Å². The van der Waals surface area contributed by atoms with Crippen molar-refractivity contribution in [1.29, 1.82) is 0 Å². The zero-order valence-corrected chi connectivity index (χ0v) is 30.7. The molecule has 0 saturated heterocycles. The number of nitrogens with zero attached hydrogens (tertiary/aromatic N) is 2. The van der Waals surface area contributed by atoms with Crippen LogP contribution in [0.5, 0.6) is 0 Å². The van der Waals surface area contributed by atoms with Crippen LogP contribution < -0.4 is 9.80 Å². The summed E-state index contributed by atoms with van der Waals surface area (Å²) in [6.45, 7) is 2.89. The maximum Gasteiger partial charge on any atom is 0.264 e. The Labute approximate surface area is 303 Å². The Morgan fingerprint density at radius 2 is 1.28 bits per heavy atom. The first-order chi connectivity index (χ1) is 23.9. The zero-order chi connectivity index (χ0) is 35.3. The van der Waals surface area contributed by atoms with Crippen molar-refractivity contribution in [2.75, 3.05) is 34.4 Å². The first-order valence-electron chi connectivity index (χ1n) is 16.2. The monoisotopic (exact) mass is 746 g/mol. The van der Waals surface area contributed by atoms with E-state index in [2.05, 4.69) is 82.6 Å². The summed E-state index contributed by atoms with van der Waals surface area (Å²) < 4.78 is 64.8. The largest absolute Gasteiger partial charge is 0.355 e. The lowest BCUT2D eigenvalue weighted by Crippen LogP contribution is -2.30. The number of benzene rings is 4. The van der Waals surface area contributed by atoms with Gasteiger partial charge in [-0.05, 0) is 72.4 Å². The molecule has 0 spiro atoms. The van der Waals surface area contributed by atoms with E-state index in [1.807, 2.05) is 55.5 Å². The number of hydrogen-bond donors (Lipinski definition) is 2. The lowest BCUT2D eigenvalue weighted by molar-refractivity contribution is 0.479. The van der Waals surface area contributed by atoms with Gasteiger partial charge in [0.25, 0.3) is 20.2 Å². The van der Waals surface area contributed by atoms with Crippen molar-refractivity contribution in [1.82, 2.24) is 0 Å². The van der Waals surface area contributed by atoms with Gasteiger partial charge in [0.05, 0.1) is 33.3 Å². The van der Waals surface area contributed by atoms with Gasteiger partial charge in [-0.2, -0.15) is 16.8 Å². The molecular formula is C38H38N2O6S4. The lowest BCUT2D eigenvalue weighted by atomic mass is 10.0. The summed E-state index contributed by atoms with van der Waals surface area (Å²) in [4.78, 5) is 6.46. The highest BCUT2D eigenvalue weighted by Crippen LogP contribution is 2.48. The molecule has 2 aliphatic rings. The van der Waals surface area contributed by atoms with E-state index in [0.717, 1.165) is 54.0 Å². The molecule has 260 valence electrons. The van der Waals surface area contributed by atoms with Crippen molar-refractivity contribution in [3.05, 3.63) is 132 Å². The molecule has 1 unspecified atom stereocenters. The number of thioether (sulfide) groups is 2. The van der Waals surface area contributed by atoms with E-state index in [1.165, 1.54) is 0 Å². The Morgan fingerprint density at radius 1 is 0.720 bits per heavy atom. The second-order valence-electron chi connectivity index (χ2n) is 12.1. The van der Waals surface area contributed by atoms with Crippen LogP contribution in [0, 0.1) is 0 Å². The van der Waals surface area contributed by atoms with E-state index in [9.17, 15) is 25.9 Å². The molecule has 0 saturated carbocycles. The summed E-state index contributed by atoms with van der Waals surface area (Å²) in [6.07, 6.45) is 8.78. The van der Waals surface area contributed by atoms with Crippen LogP contribution in [0.1, 0.15) is 19.8 Å². The third-order valence-electron chi connectivity index (χ3n) is 8.37. The smallest absolute Gasteiger partial charge is 0.264 e. The standard InChI is InChI=1S/C38H38N2O6S4/c1-28(14-20-37-39(22-8-24-49(41,42)43)33-26-31(16-18-35(33)47-37)29-10-4-2-5-11-29)15-21-38-40(23-9-25-50(44,45)46)34-27-32(17-19-36(34)48-38)30-12-6-3-7-13-30/h2-7,10-21,26-27,37H,8-9,22-25H2,1H3,(H,41,42,43)(H,44,45,46). The van der Waals surface area contributed by atoms with Gasteiger partial charge in [-0.1, -0.05) is 120 Å². The van der Waals surface area contributed by atoms with Crippen LogP contribution in [0.4, 0.5) is 11.4 Å². The van der Waals surface area contributed by atoms with E-state index in [0.29, 0.717) is 13.1 Å². The number of fused-ring (bicyclic) bond motifs is 2. The molecule has 50 heavy (non-hydrogen) atoms. The molecule has 8 nitrogen and oxygen atoms in total. The van der Waals surface area contributed by atoms with Crippen molar-refractivity contribution in [3.63, 3.8) is 0 Å². The summed E-state index contributed by atoms with van der Waals surface area (Å²) in [5, 5.41) is 0.878. The van der Waals surface area contributed by atoms with Crippen molar-refractivity contribution in [2.24, 2.45) is 0 Å². The van der Waals surface area contributed by atoms with Crippen LogP contribution in [0.25, 0.3) is 22.3 Å². The van der Waals surface area contributed by atoms with Crippen LogP contribution in [-0.2, 0) is 20.2 Å². The molecule has 2 heterocycles. The minimum Gasteiger partial charge on any atom is -0.355 e. The molecular weight excluding hydrogens is 709 g/mol. The van der Waals surface area contributed by atoms with Crippen molar-refractivity contribution in [2.45, 2.75) is 34.9 Å². The second kappa shape index (κ2) is 15.6. The molecule has 2 aliphatic heterocycles. The van der Waals surface area contributed by atoms with Gasteiger partial charge in [-0.25, -0.2) is 0 Å². The molecule has 0 aromatic heterocycles. The number of anilines is 2. The van der Waals surface area contributed by atoms with Crippen LogP contribution in [0.3, 0.4) is 0 Å². The number of hydrogen-bond acceptors (Lipinski definition) is 8. The third kappa shape index (κ3) is 9.30. The molecule has 0 bridgehead atoms. The van der Waals surface area contributed by atoms with E-state index >= 15 is 0 Å². The summed E-state index contributed by atoms with van der Waals surface area (Å²) in [5.41, 5.74) is 7.34. The highest BCUT2D eigenvalue weighted by molar-refractivity contribution is 8.03. The minimum absolute atomic E-state index is 0.0770. The van der Waals surface area contributed by atoms with E-state index < -0.39 is 20.2 Å². The van der Waals surface area contributed by atoms with Gasteiger partial charge in [0, 0.05) is 22.9 Å². The summed E-state index contributed by atoms with van der Waals surface area (Å²) in [7, 11) is -8.15. The fourth-order valence-corrected chi connectivity index (χ4v) is 9.22. The Kier molecular flexibility index (Phi) is 11.3. The molecule has 6 rings (SSSR count). The molecule has 0 aliphatic carbocycles. The molecule has 0 fully saturated rings. The highest BCUT2D eigenvalue weighted by Gasteiger charge is 2.29. The van der Waals surface area contributed by atoms with E-state index in [4.69, 9.17) is 0 Å². The van der Waals surface area contributed by atoms with Crippen LogP contribution in [0.15, 0.2) is 142 Å². The average molecular weight is 747 g/mol. The topological polar surface area (TPSA) is 115 Å². The van der Waals surface area contributed by atoms with E-state index in [-0.39, 0.29) is 29.7 Å². The van der Waals surface area contributed by atoms with Crippen molar-refractivity contribution in [3.8, 4) is 22.3 Å². The SMILES string of the molecule is CC(C=CC1Sc2ccc(-c3ccccc3)cc2N1CCCS(=O)(=O)O)=CC=C1Sc2ccc(-c3ccccc3)cc2N1CCCS(=O)(=O)O. The Hall–Kier alpha value is -3.78. The van der Waals surface area contributed by atoms with Crippen LogP contribution >= 0.6 is 23.5 Å². The van der Waals surface area contributed by atoms with Crippen LogP contribution in [-0.4, -0.2) is 55.9 Å². The predicted molar refractivity (Wildman–Crippen MR) is 207 cm³/mol.